The Morgan fingerprint density at radius 3 is 2.16 bits per heavy atom. The molecule has 6 nitrogen and oxygen atoms in total. The average molecular weight is 350 g/mol. The van der Waals surface area contributed by atoms with Crippen molar-refractivity contribution >= 4 is 11.9 Å². The molecule has 1 rings (SSSR count). The maximum atomic E-state index is 11.0. The van der Waals surface area contributed by atoms with Crippen LogP contribution in [0.25, 0.3) is 0 Å². The molecule has 0 spiro atoms. The van der Waals surface area contributed by atoms with Gasteiger partial charge in [0.2, 0.25) is 0 Å². The summed E-state index contributed by atoms with van der Waals surface area (Å²) in [6.07, 6.45) is 1.10. The third kappa shape index (κ3) is 7.74. The van der Waals surface area contributed by atoms with E-state index in [0.717, 1.165) is 11.6 Å². The van der Waals surface area contributed by atoms with Crippen molar-refractivity contribution < 1.29 is 28.5 Å². The predicted molar refractivity (Wildman–Crippen MR) is 93.9 cm³/mol. The molecule has 0 amide bonds. The van der Waals surface area contributed by atoms with Gasteiger partial charge in [-0.2, -0.15) is 0 Å². The van der Waals surface area contributed by atoms with Gasteiger partial charge in [-0.3, -0.25) is 4.79 Å². The Kier molecular flexibility index (Phi) is 7.98. The fraction of sp³-hybridized carbons (Fsp3) is 0.474. The van der Waals surface area contributed by atoms with Crippen LogP contribution in [0.4, 0.5) is 0 Å². The monoisotopic (exact) mass is 350 g/mol. The van der Waals surface area contributed by atoms with E-state index in [0.29, 0.717) is 11.5 Å². The third-order valence-electron chi connectivity index (χ3n) is 3.21. The molecule has 25 heavy (non-hydrogen) atoms. The summed E-state index contributed by atoms with van der Waals surface area (Å²) in [6, 6.07) is 5.68. The molecule has 0 aromatic heterocycles. The third-order valence-corrected chi connectivity index (χ3v) is 3.21. The largest absolute Gasteiger partial charge is 0.486 e. The van der Waals surface area contributed by atoms with Crippen LogP contribution in [0, 0.1) is 0 Å². The van der Waals surface area contributed by atoms with Gasteiger partial charge in [0.1, 0.15) is 26.4 Å². The van der Waals surface area contributed by atoms with Crippen LogP contribution >= 0.6 is 0 Å². The van der Waals surface area contributed by atoms with Gasteiger partial charge in [-0.05, 0) is 23.1 Å². The molecular formula is C19H26O6. The molecule has 0 aliphatic heterocycles. The number of ether oxygens (including phenoxy) is 4. The molecule has 0 unspecified atom stereocenters. The smallest absolute Gasteiger partial charge is 0.330 e. The van der Waals surface area contributed by atoms with Crippen molar-refractivity contribution in [1.82, 2.24) is 0 Å². The van der Waals surface area contributed by atoms with Gasteiger partial charge in [0.15, 0.2) is 11.5 Å². The number of hydrogen-bond acceptors (Lipinski definition) is 6. The molecule has 0 aliphatic rings. The van der Waals surface area contributed by atoms with Crippen LogP contribution in [-0.2, 0) is 24.5 Å². The standard InChI is InChI=1S/C19H26O6/c1-6-18(21)25-12-11-24-17-13-15(19(3,4)5)7-8-16(17)23-10-9-22-14(2)20/h6-8,13H,1,9-12H2,2-5H3. The molecule has 0 radical (unpaired) electrons. The quantitative estimate of drug-likeness (QED) is 0.387. The highest BCUT2D eigenvalue weighted by atomic mass is 16.6. The maximum absolute atomic E-state index is 11.0. The van der Waals surface area contributed by atoms with Crippen LogP contribution in [-0.4, -0.2) is 38.4 Å². The Labute approximate surface area is 148 Å². The van der Waals surface area contributed by atoms with Crippen LogP contribution in [0.1, 0.15) is 33.3 Å². The number of rotatable bonds is 9. The minimum atomic E-state index is -0.495. The van der Waals surface area contributed by atoms with E-state index in [9.17, 15) is 9.59 Å². The highest BCUT2D eigenvalue weighted by molar-refractivity contribution is 5.81. The molecule has 1 aromatic carbocycles. The first-order chi connectivity index (χ1) is 11.7. The predicted octanol–water partition coefficient (Wildman–Crippen LogP) is 3.03. The highest BCUT2D eigenvalue weighted by Crippen LogP contribution is 2.33. The van der Waals surface area contributed by atoms with Gasteiger partial charge in [-0.15, -0.1) is 0 Å². The molecule has 0 bridgehead atoms. The van der Waals surface area contributed by atoms with Crippen molar-refractivity contribution in [3.05, 3.63) is 36.4 Å². The highest BCUT2D eigenvalue weighted by Gasteiger charge is 2.17. The van der Waals surface area contributed by atoms with Crippen molar-refractivity contribution in [2.75, 3.05) is 26.4 Å². The second kappa shape index (κ2) is 9.71. The molecule has 0 atom stereocenters. The minimum Gasteiger partial charge on any atom is -0.486 e. The summed E-state index contributed by atoms with van der Waals surface area (Å²) in [5.74, 6) is 0.234. The van der Waals surface area contributed by atoms with Crippen molar-refractivity contribution in [3.63, 3.8) is 0 Å². The summed E-state index contributed by atoms with van der Waals surface area (Å²) in [7, 11) is 0. The summed E-state index contributed by atoms with van der Waals surface area (Å²) < 4.78 is 21.1. The zero-order chi connectivity index (χ0) is 18.9. The molecule has 138 valence electrons. The Hall–Kier alpha value is -2.50. The first kappa shape index (κ1) is 20.5. The molecule has 0 fully saturated rings. The Morgan fingerprint density at radius 2 is 1.60 bits per heavy atom. The van der Waals surface area contributed by atoms with Crippen molar-refractivity contribution in [2.45, 2.75) is 33.1 Å². The summed E-state index contributed by atoms with van der Waals surface area (Å²) in [5.41, 5.74) is 1.03. The van der Waals surface area contributed by atoms with E-state index in [1.54, 1.807) is 0 Å². The van der Waals surface area contributed by atoms with Crippen LogP contribution in [0.2, 0.25) is 0 Å². The normalized spacial score (nSPS) is 10.7. The zero-order valence-corrected chi connectivity index (χ0v) is 15.3. The lowest BCUT2D eigenvalue weighted by Crippen LogP contribution is -2.15. The minimum absolute atomic E-state index is 0.0519. The van der Waals surface area contributed by atoms with Gasteiger partial charge in [0, 0.05) is 13.0 Å². The zero-order valence-electron chi connectivity index (χ0n) is 15.3. The van der Waals surface area contributed by atoms with Crippen molar-refractivity contribution in [1.29, 1.82) is 0 Å². The van der Waals surface area contributed by atoms with Crippen LogP contribution in [0.15, 0.2) is 30.9 Å². The van der Waals surface area contributed by atoms with Gasteiger partial charge in [-0.25, -0.2) is 4.79 Å². The van der Waals surface area contributed by atoms with E-state index in [4.69, 9.17) is 18.9 Å². The number of benzene rings is 1. The number of esters is 2. The lowest BCUT2D eigenvalue weighted by Gasteiger charge is -2.21. The summed E-state index contributed by atoms with van der Waals surface area (Å²) in [4.78, 5) is 21.8. The van der Waals surface area contributed by atoms with Gasteiger partial charge >= 0.3 is 11.9 Å². The first-order valence-electron chi connectivity index (χ1n) is 8.06. The van der Waals surface area contributed by atoms with Crippen LogP contribution in [0.5, 0.6) is 11.5 Å². The summed E-state index contributed by atoms with van der Waals surface area (Å²) >= 11 is 0. The maximum Gasteiger partial charge on any atom is 0.330 e. The summed E-state index contributed by atoms with van der Waals surface area (Å²) in [5, 5.41) is 0. The van der Waals surface area contributed by atoms with Gasteiger partial charge in [0.25, 0.3) is 0 Å². The molecule has 0 saturated heterocycles. The molecule has 0 saturated carbocycles. The fourth-order valence-electron chi connectivity index (χ4n) is 1.90. The number of hydrogen-bond donors (Lipinski definition) is 0. The molecule has 1 aromatic rings. The van der Waals surface area contributed by atoms with E-state index >= 15 is 0 Å². The van der Waals surface area contributed by atoms with Gasteiger partial charge in [0.05, 0.1) is 0 Å². The molecule has 6 heteroatoms. The van der Waals surface area contributed by atoms with Crippen LogP contribution < -0.4 is 9.47 Å². The SMILES string of the molecule is C=CC(=O)OCCOc1cc(C(C)(C)C)ccc1OCCOC(C)=O. The average Bonchev–Trinajstić information content (AvgIpc) is 2.54. The van der Waals surface area contributed by atoms with Gasteiger partial charge < -0.3 is 18.9 Å². The lowest BCUT2D eigenvalue weighted by molar-refractivity contribution is -0.141. The van der Waals surface area contributed by atoms with E-state index in [1.807, 2.05) is 18.2 Å². The van der Waals surface area contributed by atoms with E-state index < -0.39 is 5.97 Å². The van der Waals surface area contributed by atoms with Crippen molar-refractivity contribution in [2.24, 2.45) is 0 Å². The number of carbonyl (C=O) groups excluding carboxylic acids is 2. The molecule has 0 N–H and O–H groups in total. The lowest BCUT2D eigenvalue weighted by atomic mass is 9.87. The summed E-state index contributed by atoms with van der Waals surface area (Å²) in [6.45, 7) is 11.6. The topological polar surface area (TPSA) is 71.1 Å². The first-order valence-corrected chi connectivity index (χ1v) is 8.06. The van der Waals surface area contributed by atoms with Gasteiger partial charge in [-0.1, -0.05) is 33.4 Å². The second-order valence-electron chi connectivity index (χ2n) is 6.32. The molecule has 0 heterocycles. The Balaban J connectivity index is 2.74. The molecule has 0 aliphatic carbocycles. The van der Waals surface area contributed by atoms with E-state index in [2.05, 4.69) is 27.4 Å². The second-order valence-corrected chi connectivity index (χ2v) is 6.32. The Bertz CT molecular complexity index is 600. The fourth-order valence-corrected chi connectivity index (χ4v) is 1.90. The van der Waals surface area contributed by atoms with E-state index in [1.165, 1.54) is 6.92 Å². The Morgan fingerprint density at radius 1 is 1.00 bits per heavy atom. The number of carbonyl (C=O) groups is 2. The molecular weight excluding hydrogens is 324 g/mol. The van der Waals surface area contributed by atoms with Crippen LogP contribution in [0.3, 0.4) is 0 Å². The van der Waals surface area contributed by atoms with E-state index in [-0.39, 0.29) is 37.8 Å². The van der Waals surface area contributed by atoms with Crippen molar-refractivity contribution in [3.8, 4) is 11.5 Å².